The number of H-pyrrole nitrogens is 1. The fourth-order valence-corrected chi connectivity index (χ4v) is 2.42. The van der Waals surface area contributed by atoms with Crippen LogP contribution in [0.4, 0.5) is 11.6 Å². The molecule has 8 nitrogen and oxygen atoms in total. The third-order valence-electron chi connectivity index (χ3n) is 3.52. The molecule has 0 fully saturated rings. The molecular weight excluding hydrogens is 298 g/mol. The van der Waals surface area contributed by atoms with Gasteiger partial charge in [-0.1, -0.05) is 12.1 Å². The monoisotopic (exact) mass is 315 g/mol. The first-order valence-corrected chi connectivity index (χ1v) is 7.22. The largest absolute Gasteiger partial charge is 0.476 e. The summed E-state index contributed by atoms with van der Waals surface area (Å²) in [6.07, 6.45) is 1.44. The summed E-state index contributed by atoms with van der Waals surface area (Å²) in [6, 6.07) is 7.29. The molecule has 3 rings (SSSR count). The third kappa shape index (κ3) is 3.01. The zero-order chi connectivity index (χ0) is 16.4. The maximum atomic E-state index is 12.6. The molecule has 0 spiro atoms. The Bertz CT molecular complexity index is 726. The molecule has 1 aromatic carbocycles. The Kier molecular flexibility index (Phi) is 3.73. The predicted molar refractivity (Wildman–Crippen MR) is 83.1 cm³/mol. The summed E-state index contributed by atoms with van der Waals surface area (Å²) in [6.45, 7) is 3.68. The van der Waals surface area contributed by atoms with Crippen LogP contribution in [0.1, 0.15) is 20.3 Å². The molecule has 1 aromatic heterocycles. The number of rotatable bonds is 4. The third-order valence-corrected chi connectivity index (χ3v) is 3.52. The van der Waals surface area contributed by atoms with Gasteiger partial charge in [0.05, 0.1) is 5.69 Å². The van der Waals surface area contributed by atoms with Crippen LogP contribution in [-0.4, -0.2) is 39.1 Å². The molecule has 0 bridgehead atoms. The molecule has 0 saturated carbocycles. The normalized spacial score (nSPS) is 15.7. The molecule has 1 aliphatic rings. The Hall–Kier alpha value is -2.90. The fraction of sp³-hybridized carbons (Fsp3) is 0.333. The van der Waals surface area contributed by atoms with Crippen molar-refractivity contribution in [2.45, 2.75) is 25.9 Å². The van der Waals surface area contributed by atoms with Crippen molar-refractivity contribution in [2.24, 2.45) is 0 Å². The van der Waals surface area contributed by atoms with Crippen molar-refractivity contribution in [1.29, 1.82) is 0 Å². The molecule has 2 aromatic rings. The maximum Gasteiger partial charge on any atom is 0.270 e. The quantitative estimate of drug-likeness (QED) is 0.886. The van der Waals surface area contributed by atoms with E-state index in [1.165, 1.54) is 6.33 Å². The molecule has 120 valence electrons. The van der Waals surface area contributed by atoms with E-state index in [1.807, 2.05) is 18.2 Å². The van der Waals surface area contributed by atoms with E-state index in [9.17, 15) is 9.59 Å². The highest BCUT2D eigenvalue weighted by molar-refractivity contribution is 6.03. The average molecular weight is 315 g/mol. The van der Waals surface area contributed by atoms with Crippen LogP contribution < -0.4 is 15.0 Å². The van der Waals surface area contributed by atoms with Gasteiger partial charge in [-0.25, -0.2) is 5.10 Å². The average Bonchev–Trinajstić information content (AvgIpc) is 3.00. The lowest BCUT2D eigenvalue weighted by molar-refractivity contribution is -0.132. The number of anilines is 2. The second kappa shape index (κ2) is 5.71. The molecule has 8 heteroatoms. The molecule has 23 heavy (non-hydrogen) atoms. The van der Waals surface area contributed by atoms with Gasteiger partial charge in [0, 0.05) is 13.0 Å². The highest BCUT2D eigenvalue weighted by Gasteiger charge is 2.40. The lowest BCUT2D eigenvalue weighted by Crippen LogP contribution is -2.53. The number of carbonyl (C=O) groups is 2. The lowest BCUT2D eigenvalue weighted by atomic mass is 10.0. The van der Waals surface area contributed by atoms with Crippen LogP contribution in [0.15, 0.2) is 30.6 Å². The number of hydrogen-bond acceptors (Lipinski definition) is 5. The molecule has 0 aliphatic carbocycles. The number of fused-ring (bicyclic) bond motifs is 1. The first-order chi connectivity index (χ1) is 11.0. The number of benzene rings is 1. The summed E-state index contributed by atoms with van der Waals surface area (Å²) < 4.78 is 5.74. The van der Waals surface area contributed by atoms with Crippen LogP contribution in [0.25, 0.3) is 0 Å². The number of para-hydroxylation sites is 2. The molecule has 0 saturated heterocycles. The van der Waals surface area contributed by atoms with E-state index in [2.05, 4.69) is 20.5 Å². The zero-order valence-electron chi connectivity index (χ0n) is 12.9. The standard InChI is InChI=1S/C15H17N5O3/c1-15(2)13(22)20(10-5-3-4-6-11(10)23-15)8-7-12(21)18-14-16-9-17-19-14/h3-6,9H,7-8H2,1-2H3,(H2,16,17,18,19,21). The van der Waals surface area contributed by atoms with Gasteiger partial charge in [-0.2, -0.15) is 10.1 Å². The molecule has 2 heterocycles. The van der Waals surface area contributed by atoms with Gasteiger partial charge in [0.25, 0.3) is 5.91 Å². The number of carbonyl (C=O) groups excluding carboxylic acids is 2. The van der Waals surface area contributed by atoms with Crippen molar-refractivity contribution in [1.82, 2.24) is 15.2 Å². The Balaban J connectivity index is 1.73. The van der Waals surface area contributed by atoms with Gasteiger partial charge in [-0.3, -0.25) is 14.9 Å². The zero-order valence-corrected chi connectivity index (χ0v) is 12.9. The van der Waals surface area contributed by atoms with Crippen molar-refractivity contribution >= 4 is 23.5 Å². The smallest absolute Gasteiger partial charge is 0.270 e. The topological polar surface area (TPSA) is 100 Å². The van der Waals surface area contributed by atoms with E-state index >= 15 is 0 Å². The molecule has 0 unspecified atom stereocenters. The maximum absolute atomic E-state index is 12.6. The Morgan fingerprint density at radius 1 is 1.39 bits per heavy atom. The Labute approximate surface area is 132 Å². The molecule has 2 N–H and O–H groups in total. The summed E-state index contributed by atoms with van der Waals surface area (Å²) in [4.78, 5) is 30.0. The highest BCUT2D eigenvalue weighted by Crippen LogP contribution is 2.37. The molecule has 2 amide bonds. The molecule has 1 aliphatic heterocycles. The number of aromatic amines is 1. The van der Waals surface area contributed by atoms with Crippen molar-refractivity contribution in [3.63, 3.8) is 0 Å². The number of nitrogens with zero attached hydrogens (tertiary/aromatic N) is 3. The van der Waals surface area contributed by atoms with E-state index in [-0.39, 0.29) is 30.7 Å². The Morgan fingerprint density at radius 3 is 2.91 bits per heavy atom. The van der Waals surface area contributed by atoms with Crippen molar-refractivity contribution < 1.29 is 14.3 Å². The lowest BCUT2D eigenvalue weighted by Gasteiger charge is -2.38. The summed E-state index contributed by atoms with van der Waals surface area (Å²) in [7, 11) is 0. The van der Waals surface area contributed by atoms with Gasteiger partial charge < -0.3 is 9.64 Å². The van der Waals surface area contributed by atoms with Crippen LogP contribution >= 0.6 is 0 Å². The summed E-state index contributed by atoms with van der Waals surface area (Å²) in [5, 5.41) is 8.79. The minimum atomic E-state index is -0.963. The van der Waals surface area contributed by atoms with Gasteiger partial charge in [-0.05, 0) is 26.0 Å². The predicted octanol–water partition coefficient (Wildman–Crippen LogP) is 1.34. The number of nitrogens with one attached hydrogen (secondary N) is 2. The van der Waals surface area contributed by atoms with Crippen LogP contribution in [0.3, 0.4) is 0 Å². The van der Waals surface area contributed by atoms with Gasteiger partial charge >= 0.3 is 0 Å². The molecule has 0 atom stereocenters. The van der Waals surface area contributed by atoms with Crippen molar-refractivity contribution in [3.05, 3.63) is 30.6 Å². The number of hydrogen-bond donors (Lipinski definition) is 2. The molecular formula is C15H17N5O3. The first kappa shape index (κ1) is 15.0. The first-order valence-electron chi connectivity index (χ1n) is 7.22. The van der Waals surface area contributed by atoms with Gasteiger partial charge in [0.15, 0.2) is 5.60 Å². The SMILES string of the molecule is CC1(C)Oc2ccccc2N(CCC(=O)Nc2ncn[nH]2)C1=O. The van der Waals surface area contributed by atoms with E-state index in [4.69, 9.17) is 4.74 Å². The van der Waals surface area contributed by atoms with Gasteiger partial charge in [-0.15, -0.1) is 0 Å². The van der Waals surface area contributed by atoms with Crippen LogP contribution in [0, 0.1) is 0 Å². The number of amides is 2. The van der Waals surface area contributed by atoms with Crippen LogP contribution in [-0.2, 0) is 9.59 Å². The summed E-state index contributed by atoms with van der Waals surface area (Å²) in [5.41, 5.74) is -0.292. The van der Waals surface area contributed by atoms with Crippen molar-refractivity contribution in [2.75, 3.05) is 16.8 Å². The second-order valence-corrected chi connectivity index (χ2v) is 5.67. The highest BCUT2D eigenvalue weighted by atomic mass is 16.5. The van der Waals surface area contributed by atoms with Gasteiger partial charge in [0.2, 0.25) is 11.9 Å². The minimum Gasteiger partial charge on any atom is -0.476 e. The molecule has 0 radical (unpaired) electrons. The fourth-order valence-electron chi connectivity index (χ4n) is 2.42. The summed E-state index contributed by atoms with van der Waals surface area (Å²) in [5.74, 6) is 0.483. The van der Waals surface area contributed by atoms with E-state index in [1.54, 1.807) is 24.8 Å². The van der Waals surface area contributed by atoms with E-state index in [0.717, 1.165) is 0 Å². The van der Waals surface area contributed by atoms with Gasteiger partial charge in [0.1, 0.15) is 12.1 Å². The van der Waals surface area contributed by atoms with Crippen LogP contribution in [0.5, 0.6) is 5.75 Å². The van der Waals surface area contributed by atoms with E-state index in [0.29, 0.717) is 11.4 Å². The van der Waals surface area contributed by atoms with Crippen molar-refractivity contribution in [3.8, 4) is 5.75 Å². The summed E-state index contributed by atoms with van der Waals surface area (Å²) >= 11 is 0. The number of aromatic nitrogens is 3. The minimum absolute atomic E-state index is 0.136. The Morgan fingerprint density at radius 2 is 2.17 bits per heavy atom. The number of ether oxygens (including phenoxy) is 1. The van der Waals surface area contributed by atoms with Crippen LogP contribution in [0.2, 0.25) is 0 Å². The second-order valence-electron chi connectivity index (χ2n) is 5.67. The van der Waals surface area contributed by atoms with E-state index < -0.39 is 5.60 Å².